The van der Waals surface area contributed by atoms with Crippen LogP contribution in [0.5, 0.6) is 0 Å². The number of nitrogens with two attached hydrogens (primary N) is 1. The van der Waals surface area contributed by atoms with E-state index in [1.165, 1.54) is 6.20 Å². The minimum absolute atomic E-state index is 0.122. The number of hydrogen-bond donors (Lipinski definition) is 2. The summed E-state index contributed by atoms with van der Waals surface area (Å²) in [5.41, 5.74) is 5.58. The van der Waals surface area contributed by atoms with Gasteiger partial charge in [-0.05, 0) is 26.4 Å². The number of halogens is 1. The van der Waals surface area contributed by atoms with Gasteiger partial charge in [0, 0.05) is 12.6 Å². The Morgan fingerprint density at radius 2 is 2.42 bits per heavy atom. The van der Waals surface area contributed by atoms with Gasteiger partial charge in [-0.25, -0.2) is 4.98 Å². The number of anilines is 2. The smallest absolute Gasteiger partial charge is 0.335 e. The van der Waals surface area contributed by atoms with Crippen molar-refractivity contribution in [3.05, 3.63) is 21.3 Å². The number of rotatable bonds is 3. The van der Waals surface area contributed by atoms with E-state index in [0.29, 0.717) is 0 Å². The van der Waals surface area contributed by atoms with Crippen LogP contribution in [0.4, 0.5) is 17.2 Å². The van der Waals surface area contributed by atoms with Crippen LogP contribution in [0.1, 0.15) is 12.8 Å². The molecule has 0 aliphatic carbocycles. The number of pyridine rings is 1. The van der Waals surface area contributed by atoms with Crippen molar-refractivity contribution in [3.8, 4) is 0 Å². The third-order valence-electron chi connectivity index (χ3n) is 3.19. The molecule has 0 radical (unpaired) electrons. The first kappa shape index (κ1) is 13.8. The fourth-order valence-corrected chi connectivity index (χ4v) is 2.50. The molecule has 2 heterocycles. The molecule has 0 bridgehead atoms. The fourth-order valence-electron chi connectivity index (χ4n) is 2.30. The summed E-state index contributed by atoms with van der Waals surface area (Å²) < 4.78 is 0. The summed E-state index contributed by atoms with van der Waals surface area (Å²) in [6.45, 7) is 1.85. The van der Waals surface area contributed by atoms with E-state index in [4.69, 9.17) is 17.3 Å². The van der Waals surface area contributed by atoms with Crippen LogP contribution in [-0.2, 0) is 0 Å². The van der Waals surface area contributed by atoms with Crippen LogP contribution in [0, 0.1) is 10.1 Å². The van der Waals surface area contributed by atoms with Gasteiger partial charge < -0.3 is 16.0 Å². The van der Waals surface area contributed by atoms with Crippen molar-refractivity contribution in [2.45, 2.75) is 18.9 Å². The number of nitrogens with zero attached hydrogens (tertiary/aromatic N) is 3. The lowest BCUT2D eigenvalue weighted by atomic mass is 10.1. The lowest BCUT2D eigenvalue weighted by Crippen LogP contribution is -2.39. The Morgan fingerprint density at radius 1 is 1.68 bits per heavy atom. The number of nitrogen functional groups attached to an aromatic ring is 1. The number of nitro groups is 1. The highest BCUT2D eigenvalue weighted by Gasteiger charge is 2.26. The van der Waals surface area contributed by atoms with Crippen LogP contribution in [0.3, 0.4) is 0 Å². The van der Waals surface area contributed by atoms with E-state index >= 15 is 0 Å². The van der Waals surface area contributed by atoms with Gasteiger partial charge in [-0.15, -0.1) is 0 Å². The maximum absolute atomic E-state index is 11.1. The Morgan fingerprint density at radius 3 is 3.05 bits per heavy atom. The number of piperidine rings is 1. The van der Waals surface area contributed by atoms with E-state index in [0.717, 1.165) is 25.9 Å². The van der Waals surface area contributed by atoms with Gasteiger partial charge in [0.25, 0.3) is 0 Å². The molecular formula is C11H16ClN5O2. The van der Waals surface area contributed by atoms with Crippen molar-refractivity contribution < 1.29 is 4.92 Å². The number of nitrogens with one attached hydrogen (secondary N) is 1. The van der Waals surface area contributed by atoms with Gasteiger partial charge in [-0.1, -0.05) is 11.6 Å². The molecule has 7 nitrogen and oxygen atoms in total. The zero-order valence-electron chi connectivity index (χ0n) is 10.6. The van der Waals surface area contributed by atoms with E-state index < -0.39 is 4.92 Å². The van der Waals surface area contributed by atoms with Crippen molar-refractivity contribution in [3.63, 3.8) is 0 Å². The summed E-state index contributed by atoms with van der Waals surface area (Å²) in [6, 6.07) is 0.122. The van der Waals surface area contributed by atoms with E-state index in [1.807, 2.05) is 7.05 Å². The highest BCUT2D eigenvalue weighted by molar-refractivity contribution is 6.33. The van der Waals surface area contributed by atoms with Gasteiger partial charge in [0.1, 0.15) is 5.69 Å². The third-order valence-corrected chi connectivity index (χ3v) is 3.48. The van der Waals surface area contributed by atoms with Crippen molar-refractivity contribution in [1.82, 2.24) is 9.88 Å². The van der Waals surface area contributed by atoms with Gasteiger partial charge in [0.15, 0.2) is 0 Å². The summed E-state index contributed by atoms with van der Waals surface area (Å²) in [6.07, 6.45) is 3.32. The first-order chi connectivity index (χ1) is 8.99. The fraction of sp³-hybridized carbons (Fsp3) is 0.545. The van der Waals surface area contributed by atoms with Crippen LogP contribution < -0.4 is 11.1 Å². The molecule has 0 aromatic carbocycles. The van der Waals surface area contributed by atoms with Crippen LogP contribution in [0.25, 0.3) is 0 Å². The molecule has 19 heavy (non-hydrogen) atoms. The molecule has 0 saturated carbocycles. The Balaban J connectivity index is 2.28. The monoisotopic (exact) mass is 285 g/mol. The second-order valence-corrected chi connectivity index (χ2v) is 5.13. The number of hydrogen-bond acceptors (Lipinski definition) is 6. The van der Waals surface area contributed by atoms with Crippen LogP contribution in [0.15, 0.2) is 6.20 Å². The molecule has 2 rings (SSSR count). The van der Waals surface area contributed by atoms with E-state index in [2.05, 4.69) is 15.2 Å². The zero-order valence-corrected chi connectivity index (χ0v) is 11.4. The molecule has 104 valence electrons. The highest BCUT2D eigenvalue weighted by atomic mass is 35.5. The lowest BCUT2D eigenvalue weighted by Gasteiger charge is -2.30. The molecule has 1 atom stereocenters. The van der Waals surface area contributed by atoms with Gasteiger partial charge >= 0.3 is 5.69 Å². The molecule has 0 amide bonds. The van der Waals surface area contributed by atoms with E-state index in [9.17, 15) is 10.1 Å². The minimum atomic E-state index is -0.552. The SMILES string of the molecule is CN1CCC[C@@H](Nc2c(Cl)cnc(N)c2[N+](=O)[O-])C1. The van der Waals surface area contributed by atoms with Crippen molar-refractivity contribution in [2.24, 2.45) is 0 Å². The van der Waals surface area contributed by atoms with E-state index in [-0.39, 0.29) is 28.3 Å². The summed E-state index contributed by atoms with van der Waals surface area (Å²) in [5, 5.41) is 14.4. The predicted molar refractivity (Wildman–Crippen MR) is 74.5 cm³/mol. The second kappa shape index (κ2) is 5.58. The third kappa shape index (κ3) is 3.05. The molecule has 0 spiro atoms. The topological polar surface area (TPSA) is 97.3 Å². The van der Waals surface area contributed by atoms with Crippen molar-refractivity contribution >= 4 is 28.8 Å². The van der Waals surface area contributed by atoms with Crippen molar-refractivity contribution in [2.75, 3.05) is 31.2 Å². The van der Waals surface area contributed by atoms with Crippen LogP contribution in [-0.4, -0.2) is 41.0 Å². The van der Waals surface area contributed by atoms with Gasteiger partial charge in [-0.3, -0.25) is 10.1 Å². The predicted octanol–water partition coefficient (Wildman–Crippen LogP) is 1.73. The maximum atomic E-state index is 11.1. The highest BCUT2D eigenvalue weighted by Crippen LogP contribution is 2.36. The summed E-state index contributed by atoms with van der Waals surface area (Å²) in [5.74, 6) is -0.124. The Bertz CT molecular complexity index is 496. The normalized spacial score (nSPS) is 20.2. The minimum Gasteiger partial charge on any atom is -0.378 e. The Labute approximate surface area is 115 Å². The average molecular weight is 286 g/mol. The number of likely N-dealkylation sites (N-methyl/N-ethyl adjacent to an activating group) is 1. The summed E-state index contributed by atoms with van der Waals surface area (Å²) in [4.78, 5) is 16.4. The maximum Gasteiger partial charge on any atom is 0.335 e. The molecule has 3 N–H and O–H groups in total. The Kier molecular flexibility index (Phi) is 4.06. The van der Waals surface area contributed by atoms with Gasteiger partial charge in [-0.2, -0.15) is 0 Å². The molecular weight excluding hydrogens is 270 g/mol. The quantitative estimate of drug-likeness (QED) is 0.648. The summed E-state index contributed by atoms with van der Waals surface area (Å²) >= 11 is 6.00. The average Bonchev–Trinajstić information content (AvgIpc) is 2.33. The molecule has 1 saturated heterocycles. The van der Waals surface area contributed by atoms with E-state index in [1.54, 1.807) is 0 Å². The first-order valence-electron chi connectivity index (χ1n) is 6.02. The Hall–Kier alpha value is -1.60. The molecule has 8 heteroatoms. The molecule has 1 aromatic rings. The number of aromatic nitrogens is 1. The number of likely N-dealkylation sites (tertiary alicyclic amines) is 1. The molecule has 1 aliphatic heterocycles. The van der Waals surface area contributed by atoms with Crippen LogP contribution >= 0.6 is 11.6 Å². The molecule has 1 fully saturated rings. The molecule has 1 aliphatic rings. The van der Waals surface area contributed by atoms with Gasteiger partial charge in [0.05, 0.1) is 16.1 Å². The standard InChI is InChI=1S/C11H16ClN5O2/c1-16-4-2-3-7(6-16)15-9-8(12)5-14-11(13)10(9)17(18)19/h5,7H,2-4,6H2,1H3,(H3,13,14,15)/t7-/m1/s1. The zero-order chi connectivity index (χ0) is 14.0. The van der Waals surface area contributed by atoms with Crippen LogP contribution in [0.2, 0.25) is 5.02 Å². The second-order valence-electron chi connectivity index (χ2n) is 4.72. The van der Waals surface area contributed by atoms with Gasteiger partial charge in [0.2, 0.25) is 5.82 Å². The summed E-state index contributed by atoms with van der Waals surface area (Å²) in [7, 11) is 2.02. The first-order valence-corrected chi connectivity index (χ1v) is 6.40. The molecule has 0 unspecified atom stereocenters. The largest absolute Gasteiger partial charge is 0.378 e. The molecule has 1 aromatic heterocycles. The van der Waals surface area contributed by atoms with Crippen molar-refractivity contribution in [1.29, 1.82) is 0 Å². The lowest BCUT2D eigenvalue weighted by molar-refractivity contribution is -0.383.